The highest BCUT2D eigenvalue weighted by molar-refractivity contribution is 7.89. The first-order valence-corrected chi connectivity index (χ1v) is 7.74. The van der Waals surface area contributed by atoms with Crippen molar-refractivity contribution in [3.05, 3.63) is 0 Å². The highest BCUT2D eigenvalue weighted by atomic mass is 32.2. The predicted molar refractivity (Wildman–Crippen MR) is 63.1 cm³/mol. The molecule has 1 saturated heterocycles. The third-order valence-corrected chi connectivity index (χ3v) is 6.18. The van der Waals surface area contributed by atoms with Crippen molar-refractivity contribution in [3.63, 3.8) is 0 Å². The van der Waals surface area contributed by atoms with E-state index in [0.717, 1.165) is 25.7 Å². The van der Waals surface area contributed by atoms with Crippen LogP contribution >= 0.6 is 0 Å². The summed E-state index contributed by atoms with van der Waals surface area (Å²) >= 11 is 0. The minimum atomic E-state index is -3.26. The molecule has 0 spiro atoms. The second kappa shape index (κ2) is 4.94. The molecule has 0 amide bonds. The average Bonchev–Trinajstić information content (AvgIpc) is 2.83. The van der Waals surface area contributed by atoms with Crippen molar-refractivity contribution in [2.75, 3.05) is 13.1 Å². The second-order valence-corrected chi connectivity index (χ2v) is 7.20. The fourth-order valence-electron chi connectivity index (χ4n) is 2.77. The quantitative estimate of drug-likeness (QED) is 0.824. The van der Waals surface area contributed by atoms with Crippen molar-refractivity contribution < 1.29 is 18.3 Å². The Morgan fingerprint density at radius 2 is 1.76 bits per heavy atom. The van der Waals surface area contributed by atoms with Crippen LogP contribution in [0.2, 0.25) is 0 Å². The van der Waals surface area contributed by atoms with Gasteiger partial charge in [-0.05, 0) is 25.7 Å². The van der Waals surface area contributed by atoms with Gasteiger partial charge < -0.3 is 5.11 Å². The van der Waals surface area contributed by atoms with E-state index in [-0.39, 0.29) is 11.8 Å². The smallest absolute Gasteiger partial charge is 0.307 e. The molecule has 1 aliphatic heterocycles. The van der Waals surface area contributed by atoms with Crippen LogP contribution < -0.4 is 0 Å². The van der Waals surface area contributed by atoms with Crippen LogP contribution in [0.25, 0.3) is 0 Å². The molecule has 2 fully saturated rings. The average molecular weight is 261 g/mol. The first-order valence-electron chi connectivity index (χ1n) is 6.23. The third-order valence-electron chi connectivity index (χ3n) is 3.82. The van der Waals surface area contributed by atoms with Crippen molar-refractivity contribution in [1.29, 1.82) is 0 Å². The molecule has 0 unspecified atom stereocenters. The second-order valence-electron chi connectivity index (χ2n) is 4.99. The molecule has 5 nitrogen and oxygen atoms in total. The number of nitrogens with zero attached hydrogens (tertiary/aromatic N) is 1. The number of sulfonamides is 1. The fraction of sp³-hybridized carbons (Fsp3) is 0.909. The molecule has 1 saturated carbocycles. The van der Waals surface area contributed by atoms with Crippen LogP contribution in [0.3, 0.4) is 0 Å². The molecule has 0 bridgehead atoms. The van der Waals surface area contributed by atoms with Gasteiger partial charge in [-0.25, -0.2) is 12.7 Å². The minimum Gasteiger partial charge on any atom is -0.481 e. The molecule has 0 aromatic rings. The van der Waals surface area contributed by atoms with E-state index >= 15 is 0 Å². The summed E-state index contributed by atoms with van der Waals surface area (Å²) < 4.78 is 26.0. The van der Waals surface area contributed by atoms with Crippen LogP contribution in [0.5, 0.6) is 0 Å². The Kier molecular flexibility index (Phi) is 3.73. The summed E-state index contributed by atoms with van der Waals surface area (Å²) in [6.45, 7) is 0.650. The molecule has 1 N–H and O–H groups in total. The zero-order valence-electron chi connectivity index (χ0n) is 9.84. The Labute approximate surface area is 102 Å². The van der Waals surface area contributed by atoms with E-state index in [2.05, 4.69) is 0 Å². The Bertz CT molecular complexity index is 386. The van der Waals surface area contributed by atoms with Gasteiger partial charge >= 0.3 is 5.97 Å². The monoisotopic (exact) mass is 261 g/mol. The maximum absolute atomic E-state index is 12.3. The van der Waals surface area contributed by atoms with E-state index in [9.17, 15) is 13.2 Å². The van der Waals surface area contributed by atoms with Gasteiger partial charge in [0.1, 0.15) is 0 Å². The summed E-state index contributed by atoms with van der Waals surface area (Å²) in [6.07, 6.45) is 4.66. The highest BCUT2D eigenvalue weighted by Gasteiger charge is 2.38. The lowest BCUT2D eigenvalue weighted by Crippen LogP contribution is -2.45. The summed E-state index contributed by atoms with van der Waals surface area (Å²) in [5.74, 6) is -1.41. The number of carbonyl (C=O) groups is 1. The van der Waals surface area contributed by atoms with E-state index in [1.807, 2.05) is 0 Å². The van der Waals surface area contributed by atoms with Gasteiger partial charge in [-0.1, -0.05) is 12.8 Å². The molecule has 0 aromatic heterocycles. The van der Waals surface area contributed by atoms with Gasteiger partial charge in [0.2, 0.25) is 10.0 Å². The number of carboxylic acid groups (broad SMARTS) is 1. The summed E-state index contributed by atoms with van der Waals surface area (Å²) in [6, 6.07) is 0. The Hall–Kier alpha value is -0.620. The van der Waals surface area contributed by atoms with Crippen LogP contribution in [0, 0.1) is 5.92 Å². The van der Waals surface area contributed by atoms with Gasteiger partial charge in [0.25, 0.3) is 0 Å². The summed E-state index contributed by atoms with van der Waals surface area (Å²) in [5, 5.41) is 8.70. The number of aliphatic carboxylic acids is 1. The number of piperidine rings is 1. The van der Waals surface area contributed by atoms with Crippen LogP contribution in [0.4, 0.5) is 0 Å². The van der Waals surface area contributed by atoms with Gasteiger partial charge in [-0.15, -0.1) is 0 Å². The van der Waals surface area contributed by atoms with E-state index in [1.165, 1.54) is 4.31 Å². The van der Waals surface area contributed by atoms with E-state index in [0.29, 0.717) is 19.4 Å². The molecule has 2 aliphatic rings. The standard InChI is InChI=1S/C11H19NO4S/c13-11(14)9-4-3-7-12(8-9)17(15,16)10-5-1-2-6-10/h9-10H,1-8H2,(H,13,14)/t9-/m0/s1. The molecule has 17 heavy (non-hydrogen) atoms. The van der Waals surface area contributed by atoms with Gasteiger partial charge in [0, 0.05) is 13.1 Å². The lowest BCUT2D eigenvalue weighted by atomic mass is 10.0. The van der Waals surface area contributed by atoms with Crippen LogP contribution in [-0.2, 0) is 14.8 Å². The number of hydrogen-bond acceptors (Lipinski definition) is 3. The SMILES string of the molecule is O=C(O)[C@H]1CCCN(S(=O)(=O)C2CCCC2)C1. The lowest BCUT2D eigenvalue weighted by molar-refractivity contribution is -0.142. The number of rotatable bonds is 3. The van der Waals surface area contributed by atoms with E-state index in [4.69, 9.17) is 5.11 Å². The number of carboxylic acids is 1. The summed E-state index contributed by atoms with van der Waals surface area (Å²) in [5.41, 5.74) is 0. The largest absolute Gasteiger partial charge is 0.481 e. The van der Waals surface area contributed by atoms with Crippen molar-refractivity contribution in [1.82, 2.24) is 4.31 Å². The Morgan fingerprint density at radius 1 is 1.12 bits per heavy atom. The van der Waals surface area contributed by atoms with Crippen molar-refractivity contribution in [2.45, 2.75) is 43.8 Å². The first kappa shape index (κ1) is 12.8. The van der Waals surface area contributed by atoms with Crippen LogP contribution in [0.1, 0.15) is 38.5 Å². The molecule has 2 rings (SSSR count). The minimum absolute atomic E-state index is 0.161. The van der Waals surface area contributed by atoms with Gasteiger partial charge in [0.15, 0.2) is 0 Å². The van der Waals surface area contributed by atoms with E-state index in [1.54, 1.807) is 0 Å². The predicted octanol–water partition coefficient (Wildman–Crippen LogP) is 1.06. The van der Waals surface area contributed by atoms with Gasteiger partial charge in [-0.2, -0.15) is 0 Å². The van der Waals surface area contributed by atoms with Crippen molar-refractivity contribution >= 4 is 16.0 Å². The molecule has 98 valence electrons. The highest BCUT2D eigenvalue weighted by Crippen LogP contribution is 2.29. The van der Waals surface area contributed by atoms with Gasteiger partial charge in [0.05, 0.1) is 11.2 Å². The fourth-order valence-corrected chi connectivity index (χ4v) is 4.89. The molecule has 1 aliphatic carbocycles. The molecule has 1 heterocycles. The Morgan fingerprint density at radius 3 is 2.35 bits per heavy atom. The van der Waals surface area contributed by atoms with Gasteiger partial charge in [-0.3, -0.25) is 4.79 Å². The third kappa shape index (κ3) is 2.63. The topological polar surface area (TPSA) is 74.7 Å². The van der Waals surface area contributed by atoms with E-state index < -0.39 is 21.9 Å². The molecular formula is C11H19NO4S. The zero-order chi connectivity index (χ0) is 12.5. The summed E-state index contributed by atoms with van der Waals surface area (Å²) in [7, 11) is -3.26. The van der Waals surface area contributed by atoms with Crippen molar-refractivity contribution in [3.8, 4) is 0 Å². The molecule has 6 heteroatoms. The summed E-state index contributed by atoms with van der Waals surface area (Å²) in [4.78, 5) is 10.9. The molecule has 0 aromatic carbocycles. The normalized spacial score (nSPS) is 28.4. The van der Waals surface area contributed by atoms with Crippen molar-refractivity contribution in [2.24, 2.45) is 5.92 Å². The van der Waals surface area contributed by atoms with Crippen LogP contribution in [0.15, 0.2) is 0 Å². The maximum Gasteiger partial charge on any atom is 0.307 e. The van der Waals surface area contributed by atoms with Crippen LogP contribution in [-0.4, -0.2) is 42.1 Å². The molecular weight excluding hydrogens is 242 g/mol. The lowest BCUT2D eigenvalue weighted by Gasteiger charge is -2.31. The molecule has 0 radical (unpaired) electrons. The Balaban J connectivity index is 2.08. The molecule has 1 atom stereocenters. The first-order chi connectivity index (χ1) is 8.01. The number of hydrogen-bond donors (Lipinski definition) is 1. The zero-order valence-corrected chi connectivity index (χ0v) is 10.7. The maximum atomic E-state index is 12.3.